The number of anilines is 1. The Bertz CT molecular complexity index is 415. The molecule has 0 spiro atoms. The first-order valence-electron chi connectivity index (χ1n) is 4.05. The van der Waals surface area contributed by atoms with Crippen LogP contribution in [0.4, 0.5) is 5.69 Å². The van der Waals surface area contributed by atoms with E-state index >= 15 is 0 Å². The quantitative estimate of drug-likeness (QED) is 0.728. The van der Waals surface area contributed by atoms with Gasteiger partial charge in [-0.15, -0.1) is 0 Å². The monoisotopic (exact) mass is 218 g/mol. The third-order valence-electron chi connectivity index (χ3n) is 1.26. The van der Waals surface area contributed by atoms with Crippen LogP contribution in [-0.2, 0) is 10.2 Å². The first-order valence-corrected chi connectivity index (χ1v) is 5.49. The number of nitrogens with one attached hydrogen (secondary N) is 1. The summed E-state index contributed by atoms with van der Waals surface area (Å²) in [7, 11) is -3.62. The van der Waals surface area contributed by atoms with Gasteiger partial charge in [-0.05, 0) is 20.8 Å². The normalized spacial score (nSPS) is 13.1. The molecule has 0 unspecified atom stereocenters. The van der Waals surface area contributed by atoms with E-state index in [1.165, 1.54) is 12.4 Å². The van der Waals surface area contributed by atoms with Gasteiger partial charge < -0.3 is 5.73 Å². The summed E-state index contributed by atoms with van der Waals surface area (Å²) in [6.07, 6.45) is 2.52. The number of hydrogen-bond donors (Lipinski definition) is 2. The SMILES string of the molecule is CC(C)(C)NS(=O)(=O)n1cc(N)cn1. The molecule has 1 aromatic heterocycles. The fourth-order valence-corrected chi connectivity index (χ4v) is 2.18. The fraction of sp³-hybridized carbons (Fsp3) is 0.571. The zero-order chi connectivity index (χ0) is 11.0. The molecule has 3 N–H and O–H groups in total. The highest BCUT2D eigenvalue weighted by molar-refractivity contribution is 7.87. The minimum absolute atomic E-state index is 0.310. The molecule has 0 radical (unpaired) electrons. The molecule has 0 saturated heterocycles. The van der Waals surface area contributed by atoms with E-state index in [2.05, 4.69) is 9.82 Å². The van der Waals surface area contributed by atoms with Gasteiger partial charge in [0.25, 0.3) is 0 Å². The van der Waals surface area contributed by atoms with Gasteiger partial charge >= 0.3 is 10.2 Å². The molecule has 1 aromatic rings. The Labute approximate surface area is 83.3 Å². The van der Waals surface area contributed by atoms with E-state index in [1.54, 1.807) is 20.8 Å². The summed E-state index contributed by atoms with van der Waals surface area (Å²) in [5.74, 6) is 0. The molecule has 1 heterocycles. The van der Waals surface area contributed by atoms with Gasteiger partial charge in [0.1, 0.15) is 0 Å². The number of aromatic nitrogens is 2. The summed E-state index contributed by atoms with van der Waals surface area (Å²) >= 11 is 0. The van der Waals surface area contributed by atoms with Crippen LogP contribution in [-0.4, -0.2) is 23.1 Å². The van der Waals surface area contributed by atoms with Crippen LogP contribution in [0, 0.1) is 0 Å². The van der Waals surface area contributed by atoms with Gasteiger partial charge in [0.2, 0.25) is 0 Å². The van der Waals surface area contributed by atoms with Crippen molar-refractivity contribution in [1.29, 1.82) is 0 Å². The summed E-state index contributed by atoms with van der Waals surface area (Å²) in [6, 6.07) is 0. The van der Waals surface area contributed by atoms with Crippen LogP contribution in [0.3, 0.4) is 0 Å². The molecular formula is C7H14N4O2S. The second-order valence-corrected chi connectivity index (χ2v) is 5.53. The highest BCUT2D eigenvalue weighted by Crippen LogP contribution is 2.06. The molecule has 0 bridgehead atoms. The highest BCUT2D eigenvalue weighted by Gasteiger charge is 2.21. The van der Waals surface area contributed by atoms with Crippen molar-refractivity contribution in [1.82, 2.24) is 13.9 Å². The van der Waals surface area contributed by atoms with Crippen molar-refractivity contribution < 1.29 is 8.42 Å². The van der Waals surface area contributed by atoms with E-state index in [9.17, 15) is 8.42 Å². The zero-order valence-electron chi connectivity index (χ0n) is 8.35. The smallest absolute Gasteiger partial charge is 0.320 e. The molecule has 14 heavy (non-hydrogen) atoms. The summed E-state index contributed by atoms with van der Waals surface area (Å²) in [6.45, 7) is 5.24. The van der Waals surface area contributed by atoms with Gasteiger partial charge in [-0.3, -0.25) is 0 Å². The number of hydrogen-bond acceptors (Lipinski definition) is 4. The molecule has 0 saturated carbocycles. The Balaban J connectivity index is 2.98. The van der Waals surface area contributed by atoms with Gasteiger partial charge in [0.05, 0.1) is 18.1 Å². The lowest BCUT2D eigenvalue weighted by atomic mass is 10.1. The van der Waals surface area contributed by atoms with Gasteiger partial charge in [-0.2, -0.15) is 22.3 Å². The van der Waals surface area contributed by atoms with E-state index in [-0.39, 0.29) is 0 Å². The van der Waals surface area contributed by atoms with Crippen LogP contribution in [0.2, 0.25) is 0 Å². The lowest BCUT2D eigenvalue weighted by Crippen LogP contribution is -2.43. The molecule has 0 amide bonds. The van der Waals surface area contributed by atoms with Crippen molar-refractivity contribution in [3.05, 3.63) is 12.4 Å². The molecule has 7 heteroatoms. The van der Waals surface area contributed by atoms with Gasteiger partial charge in [0.15, 0.2) is 0 Å². The van der Waals surface area contributed by atoms with Crippen molar-refractivity contribution >= 4 is 15.9 Å². The lowest BCUT2D eigenvalue weighted by molar-refractivity contribution is 0.482. The summed E-state index contributed by atoms with van der Waals surface area (Å²) in [5, 5.41) is 3.61. The van der Waals surface area contributed by atoms with Crippen molar-refractivity contribution in [2.24, 2.45) is 0 Å². The minimum atomic E-state index is -3.62. The van der Waals surface area contributed by atoms with E-state index in [0.717, 1.165) is 4.09 Å². The van der Waals surface area contributed by atoms with Crippen molar-refractivity contribution in [3.8, 4) is 0 Å². The third-order valence-corrected chi connectivity index (χ3v) is 2.82. The largest absolute Gasteiger partial charge is 0.396 e. The van der Waals surface area contributed by atoms with Gasteiger partial charge in [0, 0.05) is 5.54 Å². The van der Waals surface area contributed by atoms with Gasteiger partial charge in [-0.1, -0.05) is 0 Å². The second kappa shape index (κ2) is 3.25. The van der Waals surface area contributed by atoms with E-state index < -0.39 is 15.7 Å². The van der Waals surface area contributed by atoms with Crippen LogP contribution in [0.1, 0.15) is 20.8 Å². The van der Waals surface area contributed by atoms with Crippen LogP contribution >= 0.6 is 0 Å². The topological polar surface area (TPSA) is 90.0 Å². The number of rotatable bonds is 2. The molecule has 0 aromatic carbocycles. The molecule has 0 atom stereocenters. The van der Waals surface area contributed by atoms with Crippen molar-refractivity contribution in [2.75, 3.05) is 5.73 Å². The average Bonchev–Trinajstić information content (AvgIpc) is 2.29. The Morgan fingerprint density at radius 1 is 1.50 bits per heavy atom. The Kier molecular flexibility index (Phi) is 2.55. The first-order chi connectivity index (χ1) is 6.21. The predicted octanol–water partition coefficient (Wildman–Crippen LogP) is -0.0537. The molecule has 0 fully saturated rings. The molecule has 0 aliphatic rings. The number of nitrogen functional groups attached to an aromatic ring is 1. The standard InChI is InChI=1S/C7H14N4O2S/c1-7(2,3)10-14(12,13)11-5-6(8)4-9-11/h4-5,10H,8H2,1-3H3. The lowest BCUT2D eigenvalue weighted by Gasteiger charge is -2.19. The molecule has 6 nitrogen and oxygen atoms in total. The van der Waals surface area contributed by atoms with Crippen molar-refractivity contribution in [2.45, 2.75) is 26.3 Å². The predicted molar refractivity (Wildman–Crippen MR) is 53.8 cm³/mol. The third kappa shape index (κ3) is 2.71. The van der Waals surface area contributed by atoms with E-state index in [1.807, 2.05) is 0 Å². The molecule has 80 valence electrons. The summed E-state index contributed by atoms with van der Waals surface area (Å²) < 4.78 is 26.4. The van der Waals surface area contributed by atoms with Gasteiger partial charge in [-0.25, -0.2) is 0 Å². The number of nitrogens with two attached hydrogens (primary N) is 1. The maximum atomic E-state index is 11.6. The summed E-state index contributed by atoms with van der Waals surface area (Å²) in [5.41, 5.74) is 5.13. The van der Waals surface area contributed by atoms with Crippen LogP contribution in [0.15, 0.2) is 12.4 Å². The minimum Gasteiger partial charge on any atom is -0.396 e. The molecule has 0 aliphatic heterocycles. The van der Waals surface area contributed by atoms with Crippen molar-refractivity contribution in [3.63, 3.8) is 0 Å². The Hall–Kier alpha value is -1.08. The number of nitrogens with zero attached hydrogens (tertiary/aromatic N) is 2. The first kappa shape index (κ1) is 11.0. The summed E-state index contributed by atoms with van der Waals surface area (Å²) in [4.78, 5) is 0. The van der Waals surface area contributed by atoms with Crippen LogP contribution in [0.25, 0.3) is 0 Å². The van der Waals surface area contributed by atoms with Crippen LogP contribution < -0.4 is 10.5 Å². The maximum Gasteiger partial charge on any atom is 0.320 e. The average molecular weight is 218 g/mol. The highest BCUT2D eigenvalue weighted by atomic mass is 32.2. The Morgan fingerprint density at radius 3 is 2.43 bits per heavy atom. The fourth-order valence-electron chi connectivity index (χ4n) is 0.883. The zero-order valence-corrected chi connectivity index (χ0v) is 9.17. The molecule has 0 aliphatic carbocycles. The molecule has 1 rings (SSSR count). The van der Waals surface area contributed by atoms with Crippen LogP contribution in [0.5, 0.6) is 0 Å². The Morgan fingerprint density at radius 2 is 2.07 bits per heavy atom. The second-order valence-electron chi connectivity index (χ2n) is 4.00. The maximum absolute atomic E-state index is 11.6. The van der Waals surface area contributed by atoms with E-state index in [0.29, 0.717) is 5.69 Å². The van der Waals surface area contributed by atoms with E-state index in [4.69, 9.17) is 5.73 Å². The molecular weight excluding hydrogens is 204 g/mol.